The van der Waals surface area contributed by atoms with E-state index >= 15 is 0 Å². The molecule has 9 nitrogen and oxygen atoms in total. The van der Waals surface area contributed by atoms with Crippen LogP contribution in [0.1, 0.15) is 32.0 Å². The summed E-state index contributed by atoms with van der Waals surface area (Å²) in [4.78, 5) is 24.1. The van der Waals surface area contributed by atoms with Crippen molar-refractivity contribution >= 4 is 17.6 Å². The molecule has 0 saturated carbocycles. The zero-order valence-corrected chi connectivity index (χ0v) is 11.7. The van der Waals surface area contributed by atoms with Gasteiger partial charge in [0.1, 0.15) is 6.10 Å². The number of aromatic nitrogens is 4. The summed E-state index contributed by atoms with van der Waals surface area (Å²) in [6.07, 6.45) is 2.02. The number of aromatic amines is 1. The maximum atomic E-state index is 12.0. The van der Waals surface area contributed by atoms with Crippen LogP contribution in [-0.4, -0.2) is 61.9 Å². The number of hydrogen-bond donors (Lipinski definition) is 2. The van der Waals surface area contributed by atoms with Crippen LogP contribution in [0.2, 0.25) is 0 Å². The number of aliphatic carboxylic acids is 1. The molecule has 1 aliphatic heterocycles. The maximum absolute atomic E-state index is 12.0. The molecule has 0 aromatic carbocycles. The number of nitrogens with zero attached hydrogens (tertiary/aromatic N) is 4. The highest BCUT2D eigenvalue weighted by atomic mass is 16.6. The summed E-state index contributed by atoms with van der Waals surface area (Å²) in [6.45, 7) is 2.58. The Hall–Kier alpha value is -2.45. The fourth-order valence-corrected chi connectivity index (χ4v) is 1.99. The molecule has 0 fully saturated rings. The molecule has 2 rings (SSSR count). The standard InChI is InChI=1S/C12H17N5O4/c1-8(4-5-10(18)19)21-12(20)17-6-2-3-9(7-17)11-13-15-16-14-11/h3,8H,2,4-7H2,1H3,(H,18,19)(H,13,14,15,16). The Bertz CT molecular complexity index is 528. The molecule has 1 unspecified atom stereocenters. The number of carboxylic acid groups (broad SMARTS) is 1. The largest absolute Gasteiger partial charge is 0.481 e. The quantitative estimate of drug-likeness (QED) is 0.819. The molecule has 1 atom stereocenters. The van der Waals surface area contributed by atoms with E-state index in [-0.39, 0.29) is 6.42 Å². The predicted molar refractivity (Wildman–Crippen MR) is 71.2 cm³/mol. The van der Waals surface area contributed by atoms with E-state index in [4.69, 9.17) is 9.84 Å². The Morgan fingerprint density at radius 2 is 2.38 bits per heavy atom. The first-order valence-corrected chi connectivity index (χ1v) is 6.66. The second-order valence-corrected chi connectivity index (χ2v) is 4.80. The van der Waals surface area contributed by atoms with Gasteiger partial charge in [-0.2, -0.15) is 5.21 Å². The van der Waals surface area contributed by atoms with Crippen molar-refractivity contribution in [2.24, 2.45) is 0 Å². The van der Waals surface area contributed by atoms with Crippen molar-refractivity contribution < 1.29 is 19.4 Å². The van der Waals surface area contributed by atoms with Crippen LogP contribution in [0.15, 0.2) is 6.08 Å². The van der Waals surface area contributed by atoms with Gasteiger partial charge in [-0.25, -0.2) is 4.79 Å². The number of carboxylic acids is 1. The topological polar surface area (TPSA) is 121 Å². The van der Waals surface area contributed by atoms with Gasteiger partial charge in [0, 0.05) is 18.5 Å². The molecule has 1 aliphatic rings. The third-order valence-corrected chi connectivity index (χ3v) is 3.11. The Morgan fingerprint density at radius 1 is 1.57 bits per heavy atom. The van der Waals surface area contributed by atoms with Gasteiger partial charge in [0.2, 0.25) is 5.82 Å². The lowest BCUT2D eigenvalue weighted by atomic mass is 10.1. The minimum Gasteiger partial charge on any atom is -0.481 e. The van der Waals surface area contributed by atoms with Crippen molar-refractivity contribution in [2.45, 2.75) is 32.3 Å². The second kappa shape index (κ2) is 6.82. The van der Waals surface area contributed by atoms with Crippen LogP contribution in [0.4, 0.5) is 4.79 Å². The van der Waals surface area contributed by atoms with Crippen LogP contribution < -0.4 is 0 Å². The van der Waals surface area contributed by atoms with Crippen LogP contribution in [-0.2, 0) is 9.53 Å². The van der Waals surface area contributed by atoms with Crippen LogP contribution in [0.5, 0.6) is 0 Å². The first-order valence-electron chi connectivity index (χ1n) is 6.66. The summed E-state index contributed by atoms with van der Waals surface area (Å²) in [6, 6.07) is 0. The number of rotatable bonds is 5. The van der Waals surface area contributed by atoms with Crippen LogP contribution >= 0.6 is 0 Å². The minimum atomic E-state index is -0.904. The Kier molecular flexibility index (Phi) is 4.85. The lowest BCUT2D eigenvalue weighted by Crippen LogP contribution is -2.37. The molecule has 2 heterocycles. The molecule has 0 saturated heterocycles. The van der Waals surface area contributed by atoms with E-state index in [9.17, 15) is 9.59 Å². The smallest absolute Gasteiger partial charge is 0.410 e. The summed E-state index contributed by atoms with van der Waals surface area (Å²) in [5.74, 6) is -0.440. The van der Waals surface area contributed by atoms with Crippen molar-refractivity contribution in [3.05, 3.63) is 11.9 Å². The molecule has 0 spiro atoms. The number of tetrazole rings is 1. The number of H-pyrrole nitrogens is 1. The molecular formula is C12H17N5O4. The summed E-state index contributed by atoms with van der Waals surface area (Å²) < 4.78 is 5.24. The van der Waals surface area contributed by atoms with Gasteiger partial charge in [0.15, 0.2) is 0 Å². The molecule has 1 aromatic rings. The number of nitrogens with one attached hydrogen (secondary N) is 1. The molecule has 1 aromatic heterocycles. The normalized spacial score (nSPS) is 16.2. The van der Waals surface area contributed by atoms with Crippen molar-refractivity contribution in [1.29, 1.82) is 0 Å². The van der Waals surface area contributed by atoms with E-state index in [1.807, 2.05) is 6.08 Å². The third kappa shape index (κ3) is 4.26. The average molecular weight is 295 g/mol. The van der Waals surface area contributed by atoms with Gasteiger partial charge in [-0.15, -0.1) is 10.2 Å². The fourth-order valence-electron chi connectivity index (χ4n) is 1.99. The summed E-state index contributed by atoms with van der Waals surface area (Å²) in [5.41, 5.74) is 0.810. The lowest BCUT2D eigenvalue weighted by molar-refractivity contribution is -0.137. The monoisotopic (exact) mass is 295 g/mol. The number of carbonyl (C=O) groups is 2. The molecule has 1 amide bonds. The maximum Gasteiger partial charge on any atom is 0.410 e. The lowest BCUT2D eigenvalue weighted by Gasteiger charge is -2.27. The van der Waals surface area contributed by atoms with E-state index in [0.29, 0.717) is 31.8 Å². The van der Waals surface area contributed by atoms with E-state index < -0.39 is 18.2 Å². The number of ether oxygens (including phenoxy) is 1. The van der Waals surface area contributed by atoms with Gasteiger partial charge in [0.25, 0.3) is 0 Å². The predicted octanol–water partition coefficient (Wildman–Crippen LogP) is 0.679. The summed E-state index contributed by atoms with van der Waals surface area (Å²) in [5, 5.41) is 22.2. The molecule has 9 heteroatoms. The van der Waals surface area contributed by atoms with Crippen molar-refractivity contribution in [3.8, 4) is 0 Å². The van der Waals surface area contributed by atoms with Gasteiger partial charge in [-0.05, 0) is 25.0 Å². The first-order chi connectivity index (χ1) is 10.1. The van der Waals surface area contributed by atoms with Crippen LogP contribution in [0, 0.1) is 0 Å². The van der Waals surface area contributed by atoms with E-state index in [0.717, 1.165) is 5.57 Å². The summed E-state index contributed by atoms with van der Waals surface area (Å²) in [7, 11) is 0. The van der Waals surface area contributed by atoms with E-state index in [1.165, 1.54) is 0 Å². The SMILES string of the molecule is CC(CCC(=O)O)OC(=O)N1CCC=C(c2nn[nH]n2)C1. The van der Waals surface area contributed by atoms with E-state index in [1.54, 1.807) is 11.8 Å². The van der Waals surface area contributed by atoms with Gasteiger partial charge in [0.05, 0.1) is 6.54 Å². The number of amides is 1. The van der Waals surface area contributed by atoms with Crippen LogP contribution in [0.25, 0.3) is 5.57 Å². The van der Waals surface area contributed by atoms with Crippen molar-refractivity contribution in [2.75, 3.05) is 13.1 Å². The highest BCUT2D eigenvalue weighted by Crippen LogP contribution is 2.18. The minimum absolute atomic E-state index is 0.0253. The second-order valence-electron chi connectivity index (χ2n) is 4.80. The molecule has 2 N–H and O–H groups in total. The molecule has 0 bridgehead atoms. The molecule has 21 heavy (non-hydrogen) atoms. The average Bonchev–Trinajstić information content (AvgIpc) is 2.99. The van der Waals surface area contributed by atoms with Gasteiger partial charge in [-0.1, -0.05) is 6.08 Å². The zero-order chi connectivity index (χ0) is 15.2. The Morgan fingerprint density at radius 3 is 3.05 bits per heavy atom. The van der Waals surface area contributed by atoms with Crippen LogP contribution in [0.3, 0.4) is 0 Å². The Labute approximate surface area is 121 Å². The zero-order valence-electron chi connectivity index (χ0n) is 11.7. The van der Waals surface area contributed by atoms with E-state index in [2.05, 4.69) is 20.6 Å². The molecule has 0 aliphatic carbocycles. The number of carbonyl (C=O) groups excluding carboxylic acids is 1. The number of hydrogen-bond acceptors (Lipinski definition) is 6. The first kappa shape index (κ1) is 14.9. The fraction of sp³-hybridized carbons (Fsp3) is 0.583. The summed E-state index contributed by atoms with van der Waals surface area (Å²) >= 11 is 0. The van der Waals surface area contributed by atoms with Crippen molar-refractivity contribution in [3.63, 3.8) is 0 Å². The molecule has 114 valence electrons. The van der Waals surface area contributed by atoms with Gasteiger partial charge < -0.3 is 14.7 Å². The molecule has 0 radical (unpaired) electrons. The van der Waals surface area contributed by atoms with Gasteiger partial charge >= 0.3 is 12.1 Å². The molecular weight excluding hydrogens is 278 g/mol. The van der Waals surface area contributed by atoms with Gasteiger partial charge in [-0.3, -0.25) is 4.79 Å². The highest BCUT2D eigenvalue weighted by Gasteiger charge is 2.23. The third-order valence-electron chi connectivity index (χ3n) is 3.11. The van der Waals surface area contributed by atoms with Crippen molar-refractivity contribution in [1.82, 2.24) is 25.5 Å². The Balaban J connectivity index is 1.86. The highest BCUT2D eigenvalue weighted by molar-refractivity contribution is 5.73.